The maximum absolute atomic E-state index is 12.5. The fourth-order valence-electron chi connectivity index (χ4n) is 2.43. The first kappa shape index (κ1) is 16.3. The van der Waals surface area contributed by atoms with Crippen LogP contribution in [0, 0.1) is 0 Å². The maximum atomic E-state index is 12.5. The van der Waals surface area contributed by atoms with Crippen LogP contribution in [0.2, 0.25) is 5.02 Å². The molecule has 0 radical (unpaired) electrons. The standard InChI is InChI=1S/C21H17ClO2/c22-20-12-11-18(24-15-17-9-5-2-6-10-17)14-19(20)21(23)13-16-7-3-1-4-8-16/h1-12,14H,13,15H2. The molecule has 0 saturated heterocycles. The summed E-state index contributed by atoms with van der Waals surface area (Å²) in [4.78, 5) is 12.5. The van der Waals surface area contributed by atoms with E-state index in [0.717, 1.165) is 11.1 Å². The molecule has 0 amide bonds. The molecular formula is C21H17ClO2. The summed E-state index contributed by atoms with van der Waals surface area (Å²) in [7, 11) is 0. The van der Waals surface area contributed by atoms with Gasteiger partial charge in [0.15, 0.2) is 5.78 Å². The molecule has 0 unspecified atom stereocenters. The minimum Gasteiger partial charge on any atom is -0.489 e. The van der Waals surface area contributed by atoms with Crippen LogP contribution in [0.25, 0.3) is 0 Å². The highest BCUT2D eigenvalue weighted by Crippen LogP contribution is 2.24. The molecular weight excluding hydrogens is 320 g/mol. The highest BCUT2D eigenvalue weighted by atomic mass is 35.5. The molecule has 0 bridgehead atoms. The number of halogens is 1. The Morgan fingerprint density at radius 3 is 2.12 bits per heavy atom. The smallest absolute Gasteiger partial charge is 0.168 e. The van der Waals surface area contributed by atoms with Gasteiger partial charge < -0.3 is 4.74 Å². The molecule has 0 fully saturated rings. The Labute approximate surface area is 146 Å². The van der Waals surface area contributed by atoms with Crippen molar-refractivity contribution in [1.82, 2.24) is 0 Å². The first-order valence-corrected chi connectivity index (χ1v) is 8.13. The van der Waals surface area contributed by atoms with Gasteiger partial charge in [-0.1, -0.05) is 72.3 Å². The molecule has 3 aromatic rings. The molecule has 120 valence electrons. The molecule has 0 aliphatic rings. The predicted octanol–water partition coefficient (Wildman–Crippen LogP) is 5.34. The first-order chi connectivity index (χ1) is 11.7. The summed E-state index contributed by atoms with van der Waals surface area (Å²) in [6.07, 6.45) is 0.322. The zero-order valence-corrected chi connectivity index (χ0v) is 13.9. The van der Waals surface area contributed by atoms with E-state index in [2.05, 4.69) is 0 Å². The van der Waals surface area contributed by atoms with E-state index in [4.69, 9.17) is 16.3 Å². The molecule has 0 atom stereocenters. The number of carbonyl (C=O) groups is 1. The van der Waals surface area contributed by atoms with Crippen LogP contribution in [0.5, 0.6) is 5.75 Å². The van der Waals surface area contributed by atoms with Crippen LogP contribution < -0.4 is 4.74 Å². The van der Waals surface area contributed by atoms with Gasteiger partial charge in [-0.05, 0) is 29.3 Å². The lowest BCUT2D eigenvalue weighted by Crippen LogP contribution is -2.05. The van der Waals surface area contributed by atoms with Crippen molar-refractivity contribution in [3.63, 3.8) is 0 Å². The summed E-state index contributed by atoms with van der Waals surface area (Å²) in [5.74, 6) is 0.621. The zero-order chi connectivity index (χ0) is 16.8. The second-order valence-electron chi connectivity index (χ2n) is 5.50. The van der Waals surface area contributed by atoms with Crippen LogP contribution in [-0.4, -0.2) is 5.78 Å². The van der Waals surface area contributed by atoms with Gasteiger partial charge in [-0.25, -0.2) is 0 Å². The molecule has 0 saturated carbocycles. The van der Waals surface area contributed by atoms with Crippen molar-refractivity contribution in [3.8, 4) is 5.75 Å². The lowest BCUT2D eigenvalue weighted by Gasteiger charge is -2.09. The van der Waals surface area contributed by atoms with E-state index in [0.29, 0.717) is 29.4 Å². The molecule has 0 N–H and O–H groups in total. The maximum Gasteiger partial charge on any atom is 0.168 e. The third kappa shape index (κ3) is 4.24. The Hall–Kier alpha value is -2.58. The van der Waals surface area contributed by atoms with Gasteiger partial charge in [-0.3, -0.25) is 4.79 Å². The number of carbonyl (C=O) groups excluding carboxylic acids is 1. The molecule has 0 aromatic heterocycles. The van der Waals surface area contributed by atoms with Crippen LogP contribution in [0.1, 0.15) is 21.5 Å². The summed E-state index contributed by atoms with van der Waals surface area (Å²) in [6.45, 7) is 0.453. The van der Waals surface area contributed by atoms with Crippen LogP contribution >= 0.6 is 11.6 Å². The van der Waals surface area contributed by atoms with Crippen molar-refractivity contribution >= 4 is 17.4 Å². The lowest BCUT2D eigenvalue weighted by molar-refractivity contribution is 0.0992. The Morgan fingerprint density at radius 1 is 0.833 bits per heavy atom. The SMILES string of the molecule is O=C(Cc1ccccc1)c1cc(OCc2ccccc2)ccc1Cl. The van der Waals surface area contributed by atoms with Gasteiger partial charge >= 0.3 is 0 Å². The Morgan fingerprint density at radius 2 is 1.46 bits per heavy atom. The van der Waals surface area contributed by atoms with Crippen molar-refractivity contribution in [2.75, 3.05) is 0 Å². The Balaban J connectivity index is 1.72. The highest BCUT2D eigenvalue weighted by Gasteiger charge is 2.12. The van der Waals surface area contributed by atoms with Crippen molar-refractivity contribution < 1.29 is 9.53 Å². The number of ketones is 1. The van der Waals surface area contributed by atoms with Crippen LogP contribution in [0.15, 0.2) is 78.9 Å². The van der Waals surface area contributed by atoms with E-state index in [1.807, 2.05) is 60.7 Å². The van der Waals surface area contributed by atoms with Gasteiger partial charge in [-0.2, -0.15) is 0 Å². The van der Waals surface area contributed by atoms with Crippen LogP contribution in [0.3, 0.4) is 0 Å². The molecule has 0 heterocycles. The van der Waals surface area contributed by atoms with Crippen molar-refractivity contribution in [1.29, 1.82) is 0 Å². The van der Waals surface area contributed by atoms with E-state index in [1.54, 1.807) is 18.2 Å². The lowest BCUT2D eigenvalue weighted by atomic mass is 10.0. The second-order valence-corrected chi connectivity index (χ2v) is 5.91. The van der Waals surface area contributed by atoms with Gasteiger partial charge in [0.05, 0.1) is 5.02 Å². The quantitative estimate of drug-likeness (QED) is 0.567. The van der Waals surface area contributed by atoms with Gasteiger partial charge in [0, 0.05) is 12.0 Å². The van der Waals surface area contributed by atoms with E-state index in [9.17, 15) is 4.79 Å². The average molecular weight is 337 g/mol. The van der Waals surface area contributed by atoms with Gasteiger partial charge in [0.1, 0.15) is 12.4 Å². The molecule has 0 aliphatic heterocycles. The molecule has 24 heavy (non-hydrogen) atoms. The molecule has 3 aromatic carbocycles. The van der Waals surface area contributed by atoms with Crippen LogP contribution in [-0.2, 0) is 13.0 Å². The fraction of sp³-hybridized carbons (Fsp3) is 0.0952. The van der Waals surface area contributed by atoms with Gasteiger partial charge in [-0.15, -0.1) is 0 Å². The summed E-state index contributed by atoms with van der Waals surface area (Å²) < 4.78 is 5.78. The number of Topliss-reactive ketones (excluding diaryl/α,β-unsaturated/α-hetero) is 1. The number of hydrogen-bond donors (Lipinski definition) is 0. The van der Waals surface area contributed by atoms with Crippen molar-refractivity contribution in [2.24, 2.45) is 0 Å². The summed E-state index contributed by atoms with van der Waals surface area (Å²) in [6, 6.07) is 24.7. The molecule has 0 spiro atoms. The highest BCUT2D eigenvalue weighted by molar-refractivity contribution is 6.34. The van der Waals surface area contributed by atoms with E-state index in [1.165, 1.54) is 0 Å². The summed E-state index contributed by atoms with van der Waals surface area (Å²) >= 11 is 6.20. The van der Waals surface area contributed by atoms with E-state index in [-0.39, 0.29) is 5.78 Å². The van der Waals surface area contributed by atoms with Crippen LogP contribution in [0.4, 0.5) is 0 Å². The number of hydrogen-bond acceptors (Lipinski definition) is 2. The predicted molar refractivity (Wildman–Crippen MR) is 96.7 cm³/mol. The van der Waals surface area contributed by atoms with E-state index < -0.39 is 0 Å². The molecule has 3 heteroatoms. The van der Waals surface area contributed by atoms with Gasteiger partial charge in [0.25, 0.3) is 0 Å². The molecule has 2 nitrogen and oxygen atoms in total. The largest absolute Gasteiger partial charge is 0.489 e. The summed E-state index contributed by atoms with van der Waals surface area (Å²) in [5, 5.41) is 0.447. The normalized spacial score (nSPS) is 10.4. The van der Waals surface area contributed by atoms with Gasteiger partial charge in [0.2, 0.25) is 0 Å². The third-order valence-corrected chi connectivity index (χ3v) is 4.02. The minimum atomic E-state index is -0.0173. The minimum absolute atomic E-state index is 0.0173. The monoisotopic (exact) mass is 336 g/mol. The Bertz CT molecular complexity index is 814. The number of ether oxygens (including phenoxy) is 1. The second kappa shape index (κ2) is 7.80. The van der Waals surface area contributed by atoms with Crippen molar-refractivity contribution in [2.45, 2.75) is 13.0 Å². The average Bonchev–Trinajstić information content (AvgIpc) is 2.62. The third-order valence-electron chi connectivity index (χ3n) is 3.69. The fourth-order valence-corrected chi connectivity index (χ4v) is 2.65. The number of rotatable bonds is 6. The molecule has 0 aliphatic carbocycles. The Kier molecular flexibility index (Phi) is 5.29. The van der Waals surface area contributed by atoms with E-state index >= 15 is 0 Å². The zero-order valence-electron chi connectivity index (χ0n) is 13.1. The topological polar surface area (TPSA) is 26.3 Å². The molecule has 3 rings (SSSR count). The summed E-state index contributed by atoms with van der Waals surface area (Å²) in [5.41, 5.74) is 2.53. The first-order valence-electron chi connectivity index (χ1n) is 7.76. The number of benzene rings is 3. The van der Waals surface area contributed by atoms with Crippen molar-refractivity contribution in [3.05, 3.63) is 101 Å².